The van der Waals surface area contributed by atoms with Gasteiger partial charge in [0.1, 0.15) is 23.6 Å². The van der Waals surface area contributed by atoms with Gasteiger partial charge in [0.15, 0.2) is 0 Å². The van der Waals surface area contributed by atoms with Gasteiger partial charge in [-0.05, 0) is 102 Å². The molecule has 0 aromatic heterocycles. The highest BCUT2D eigenvalue weighted by molar-refractivity contribution is 6.30. The first kappa shape index (κ1) is 31.3. The van der Waals surface area contributed by atoms with E-state index >= 15 is 0 Å². The Balaban J connectivity index is 2.07. The molecular weight excluding hydrogens is 534 g/mol. The van der Waals surface area contributed by atoms with Gasteiger partial charge in [0.05, 0.1) is 25.1 Å². The number of ether oxygens (including phenoxy) is 4. The van der Waals surface area contributed by atoms with Gasteiger partial charge in [0.25, 0.3) is 0 Å². The van der Waals surface area contributed by atoms with Crippen molar-refractivity contribution in [2.24, 2.45) is 0 Å². The topological polar surface area (TPSA) is 91.4 Å². The van der Waals surface area contributed by atoms with Gasteiger partial charge in [-0.25, -0.2) is 4.79 Å². The number of carbonyl (C=O) groups excluding carboxylic acids is 3. The fourth-order valence-corrected chi connectivity index (χ4v) is 4.64. The summed E-state index contributed by atoms with van der Waals surface area (Å²) in [5, 5.41) is 0.660. The van der Waals surface area contributed by atoms with Crippen molar-refractivity contribution in [1.82, 2.24) is 0 Å². The maximum atomic E-state index is 13.5. The SMILES string of the molecule is COC(=O)C(CC(=O)OC(C)(C)C)c1ccc2c(c1)N(C(=O)OC(C)(C)C)CCCCc1cc(Cl)ccc1CO2. The summed E-state index contributed by atoms with van der Waals surface area (Å²) in [5.74, 6) is -1.61. The molecule has 1 aliphatic rings. The predicted octanol–water partition coefficient (Wildman–Crippen LogP) is 6.99. The highest BCUT2D eigenvalue weighted by Gasteiger charge is 2.31. The molecular formula is C31H40ClNO7. The monoisotopic (exact) mass is 573 g/mol. The van der Waals surface area contributed by atoms with Gasteiger partial charge in [-0.15, -0.1) is 0 Å². The summed E-state index contributed by atoms with van der Waals surface area (Å²) >= 11 is 6.26. The standard InChI is InChI=1S/C31H40ClNO7/c1-30(2,3)39-27(34)18-24(28(35)37-7)21-12-14-26-25(17-21)33(29(36)40-31(4,5)6)15-9-8-10-20-16-23(32)13-11-22(20)19-38-26/h11-14,16-17,24H,8-10,15,18-19H2,1-7H3. The molecule has 2 aromatic rings. The number of methoxy groups -OCH3 is 1. The lowest BCUT2D eigenvalue weighted by Crippen LogP contribution is -2.38. The lowest BCUT2D eigenvalue weighted by molar-refractivity contribution is -0.158. The van der Waals surface area contributed by atoms with E-state index in [1.54, 1.807) is 59.7 Å². The highest BCUT2D eigenvalue weighted by Crippen LogP contribution is 2.36. The summed E-state index contributed by atoms with van der Waals surface area (Å²) in [6.45, 7) is 11.3. The fourth-order valence-electron chi connectivity index (χ4n) is 4.45. The lowest BCUT2D eigenvalue weighted by Gasteiger charge is -2.29. The highest BCUT2D eigenvalue weighted by atomic mass is 35.5. The van der Waals surface area contributed by atoms with Gasteiger partial charge < -0.3 is 18.9 Å². The number of halogens is 1. The van der Waals surface area contributed by atoms with Crippen molar-refractivity contribution in [3.05, 3.63) is 58.1 Å². The van der Waals surface area contributed by atoms with Crippen LogP contribution >= 0.6 is 11.6 Å². The maximum Gasteiger partial charge on any atom is 0.414 e. The molecule has 1 aliphatic heterocycles. The van der Waals surface area contributed by atoms with Crippen LogP contribution in [0.3, 0.4) is 0 Å². The maximum absolute atomic E-state index is 13.5. The summed E-state index contributed by atoms with van der Waals surface area (Å²) in [7, 11) is 1.27. The number of hydrogen-bond acceptors (Lipinski definition) is 7. The Kier molecular flexibility index (Phi) is 10.1. The summed E-state index contributed by atoms with van der Waals surface area (Å²) in [6, 6.07) is 10.8. The second kappa shape index (κ2) is 12.9. The Bertz CT molecular complexity index is 1230. The van der Waals surface area contributed by atoms with Crippen LogP contribution < -0.4 is 9.64 Å². The molecule has 1 unspecified atom stereocenters. The van der Waals surface area contributed by atoms with E-state index in [-0.39, 0.29) is 13.0 Å². The van der Waals surface area contributed by atoms with E-state index in [1.165, 1.54) is 12.0 Å². The van der Waals surface area contributed by atoms with Gasteiger partial charge in [0.2, 0.25) is 0 Å². The minimum atomic E-state index is -0.938. The third kappa shape index (κ3) is 8.88. The van der Waals surface area contributed by atoms with Crippen molar-refractivity contribution >= 4 is 35.3 Å². The molecule has 9 heteroatoms. The number of amides is 1. The van der Waals surface area contributed by atoms with Crippen molar-refractivity contribution in [2.75, 3.05) is 18.6 Å². The first-order chi connectivity index (χ1) is 18.7. The van der Waals surface area contributed by atoms with E-state index in [0.717, 1.165) is 24.0 Å². The Morgan fingerprint density at radius 2 is 1.65 bits per heavy atom. The second-order valence-corrected chi connectivity index (χ2v) is 12.3. The van der Waals surface area contributed by atoms with Crippen LogP contribution in [0.2, 0.25) is 5.02 Å². The first-order valence-electron chi connectivity index (χ1n) is 13.5. The number of fused-ring (bicyclic) bond motifs is 2. The molecule has 0 aliphatic carbocycles. The molecule has 1 amide bonds. The molecule has 3 rings (SSSR count). The van der Waals surface area contributed by atoms with Crippen LogP contribution in [-0.4, -0.2) is 42.9 Å². The summed E-state index contributed by atoms with van der Waals surface area (Å²) in [4.78, 5) is 40.5. The van der Waals surface area contributed by atoms with Gasteiger partial charge in [-0.1, -0.05) is 23.7 Å². The molecule has 0 spiro atoms. The van der Waals surface area contributed by atoms with Gasteiger partial charge in [-0.2, -0.15) is 0 Å². The smallest absolute Gasteiger partial charge is 0.414 e. The van der Waals surface area contributed by atoms with Crippen LogP contribution in [0.15, 0.2) is 36.4 Å². The minimum absolute atomic E-state index is 0.218. The second-order valence-electron chi connectivity index (χ2n) is 11.9. The number of benzene rings is 2. The van der Waals surface area contributed by atoms with Gasteiger partial charge >= 0.3 is 18.0 Å². The third-order valence-electron chi connectivity index (χ3n) is 6.20. The van der Waals surface area contributed by atoms with Crippen LogP contribution in [0.1, 0.15) is 83.4 Å². The quantitative estimate of drug-likeness (QED) is 0.287. The van der Waals surface area contributed by atoms with Crippen LogP contribution in [-0.2, 0) is 36.8 Å². The van der Waals surface area contributed by atoms with E-state index in [0.29, 0.717) is 35.0 Å². The zero-order chi connectivity index (χ0) is 29.7. The zero-order valence-corrected chi connectivity index (χ0v) is 25.2. The van der Waals surface area contributed by atoms with E-state index in [9.17, 15) is 14.4 Å². The fraction of sp³-hybridized carbons (Fsp3) is 0.516. The molecule has 0 N–H and O–H groups in total. The van der Waals surface area contributed by atoms with E-state index in [1.807, 2.05) is 18.2 Å². The largest absolute Gasteiger partial charge is 0.487 e. The van der Waals surface area contributed by atoms with Crippen LogP contribution in [0.5, 0.6) is 5.75 Å². The molecule has 0 saturated carbocycles. The first-order valence-corrected chi connectivity index (χ1v) is 13.9. The molecule has 8 nitrogen and oxygen atoms in total. The molecule has 0 saturated heterocycles. The van der Waals surface area contributed by atoms with Gasteiger partial charge in [0, 0.05) is 11.6 Å². The van der Waals surface area contributed by atoms with Crippen molar-refractivity contribution in [3.63, 3.8) is 0 Å². The number of hydrogen-bond donors (Lipinski definition) is 0. The summed E-state index contributed by atoms with van der Waals surface area (Å²) < 4.78 is 22.5. The molecule has 218 valence electrons. The third-order valence-corrected chi connectivity index (χ3v) is 6.43. The molecule has 0 fully saturated rings. The molecule has 1 heterocycles. The molecule has 1 atom stereocenters. The number of rotatable bonds is 4. The number of carbonyl (C=O) groups is 3. The Morgan fingerprint density at radius 1 is 0.950 bits per heavy atom. The average Bonchev–Trinajstić information content (AvgIpc) is 2.87. The van der Waals surface area contributed by atoms with E-state index < -0.39 is 35.2 Å². The Hall–Kier alpha value is -3.26. The van der Waals surface area contributed by atoms with E-state index in [2.05, 4.69) is 0 Å². The van der Waals surface area contributed by atoms with E-state index in [4.69, 9.17) is 30.5 Å². The Morgan fingerprint density at radius 3 is 2.30 bits per heavy atom. The lowest BCUT2D eigenvalue weighted by atomic mass is 9.94. The van der Waals surface area contributed by atoms with Crippen molar-refractivity contribution in [3.8, 4) is 5.75 Å². The molecule has 0 bridgehead atoms. The summed E-state index contributed by atoms with van der Waals surface area (Å²) in [6.07, 6.45) is 1.53. The van der Waals surface area contributed by atoms with Crippen molar-refractivity contribution in [1.29, 1.82) is 0 Å². The number of esters is 2. The molecule has 40 heavy (non-hydrogen) atoms. The zero-order valence-electron chi connectivity index (χ0n) is 24.5. The van der Waals surface area contributed by atoms with Gasteiger partial charge in [-0.3, -0.25) is 14.5 Å². The van der Waals surface area contributed by atoms with Crippen molar-refractivity contribution in [2.45, 2.75) is 91.0 Å². The minimum Gasteiger partial charge on any atom is -0.487 e. The normalized spacial score (nSPS) is 14.9. The molecule has 0 radical (unpaired) electrons. The van der Waals surface area contributed by atoms with Crippen LogP contribution in [0, 0.1) is 0 Å². The van der Waals surface area contributed by atoms with Crippen LogP contribution in [0.25, 0.3) is 0 Å². The summed E-state index contributed by atoms with van der Waals surface area (Å²) in [5.41, 5.74) is 1.61. The number of anilines is 1. The molecule has 2 aromatic carbocycles. The Labute approximate surface area is 241 Å². The number of aryl methyl sites for hydroxylation is 1. The van der Waals surface area contributed by atoms with Crippen molar-refractivity contribution < 1.29 is 33.3 Å². The number of nitrogens with zero attached hydrogens (tertiary/aromatic N) is 1. The predicted molar refractivity (Wildman–Crippen MR) is 154 cm³/mol. The average molecular weight is 574 g/mol. The van der Waals surface area contributed by atoms with Crippen LogP contribution in [0.4, 0.5) is 10.5 Å².